The number of nitrogens with one attached hydrogen (secondary N) is 2. The highest BCUT2D eigenvalue weighted by Crippen LogP contribution is 2.14. The van der Waals surface area contributed by atoms with Crippen molar-refractivity contribution < 1.29 is 9.21 Å². The topological polar surface area (TPSA) is 67.2 Å². The number of nitrogens with zero attached hydrogens (tertiary/aromatic N) is 1. The van der Waals surface area contributed by atoms with Gasteiger partial charge in [-0.15, -0.1) is 0 Å². The lowest BCUT2D eigenvalue weighted by Gasteiger charge is -2.08. The first-order valence-electron chi connectivity index (χ1n) is 7.86. The molecule has 1 amide bonds. The van der Waals surface area contributed by atoms with Crippen molar-refractivity contribution in [2.45, 2.75) is 19.9 Å². The number of aryl methyl sites for hydroxylation is 1. The van der Waals surface area contributed by atoms with Crippen molar-refractivity contribution in [2.75, 3.05) is 10.6 Å². The number of pyridine rings is 1. The maximum absolute atomic E-state index is 12.4. The van der Waals surface area contributed by atoms with Crippen LogP contribution in [0.2, 0.25) is 0 Å². The van der Waals surface area contributed by atoms with Crippen LogP contribution in [0.15, 0.2) is 65.5 Å². The summed E-state index contributed by atoms with van der Waals surface area (Å²) < 4.78 is 5.27. The Morgan fingerprint density at radius 3 is 2.67 bits per heavy atom. The van der Waals surface area contributed by atoms with Crippen molar-refractivity contribution >= 4 is 17.3 Å². The third-order valence-corrected chi connectivity index (χ3v) is 3.67. The van der Waals surface area contributed by atoms with Crippen molar-refractivity contribution in [1.29, 1.82) is 0 Å². The molecule has 24 heavy (non-hydrogen) atoms. The van der Waals surface area contributed by atoms with Gasteiger partial charge in [-0.05, 0) is 42.3 Å². The normalized spacial score (nSPS) is 10.4. The van der Waals surface area contributed by atoms with Gasteiger partial charge in [-0.3, -0.25) is 9.78 Å². The van der Waals surface area contributed by atoms with Gasteiger partial charge in [-0.25, -0.2) is 0 Å². The second kappa shape index (κ2) is 7.46. The fraction of sp³-hybridized carbons (Fsp3) is 0.158. The molecular formula is C19H19N3O2. The molecule has 0 unspecified atom stereocenters. The number of carbonyl (C=O) groups is 1. The monoisotopic (exact) mass is 321 g/mol. The highest BCUT2D eigenvalue weighted by molar-refractivity contribution is 6.04. The van der Waals surface area contributed by atoms with E-state index in [0.717, 1.165) is 23.6 Å². The molecule has 5 heteroatoms. The molecule has 0 radical (unpaired) electrons. The molecule has 0 aliphatic carbocycles. The lowest BCUT2D eigenvalue weighted by atomic mass is 10.1. The van der Waals surface area contributed by atoms with E-state index in [1.165, 1.54) is 5.56 Å². The molecule has 3 aromatic rings. The number of carbonyl (C=O) groups excluding carboxylic acids is 1. The fourth-order valence-corrected chi connectivity index (χ4v) is 2.29. The Morgan fingerprint density at radius 2 is 1.96 bits per heavy atom. The van der Waals surface area contributed by atoms with Crippen LogP contribution in [0.1, 0.15) is 28.6 Å². The van der Waals surface area contributed by atoms with Crippen molar-refractivity contribution in [2.24, 2.45) is 0 Å². The summed E-state index contributed by atoms with van der Waals surface area (Å²) in [4.78, 5) is 16.5. The summed E-state index contributed by atoms with van der Waals surface area (Å²) >= 11 is 0. The predicted molar refractivity (Wildman–Crippen MR) is 94.0 cm³/mol. The van der Waals surface area contributed by atoms with Gasteiger partial charge in [0.2, 0.25) is 0 Å². The Hall–Kier alpha value is -3.08. The first-order valence-corrected chi connectivity index (χ1v) is 7.86. The van der Waals surface area contributed by atoms with Crippen LogP contribution in [0.5, 0.6) is 0 Å². The van der Waals surface area contributed by atoms with Crippen LogP contribution in [0.25, 0.3) is 0 Å². The number of hydrogen-bond donors (Lipinski definition) is 2. The molecule has 0 aliphatic rings. The summed E-state index contributed by atoms with van der Waals surface area (Å²) in [7, 11) is 0. The van der Waals surface area contributed by atoms with Gasteiger partial charge in [0.1, 0.15) is 5.76 Å². The van der Waals surface area contributed by atoms with Gasteiger partial charge >= 0.3 is 0 Å². The van der Waals surface area contributed by atoms with Crippen molar-refractivity contribution in [3.05, 3.63) is 78.0 Å². The molecule has 2 aromatic heterocycles. The maximum Gasteiger partial charge on any atom is 0.257 e. The zero-order valence-corrected chi connectivity index (χ0v) is 13.5. The molecule has 0 fully saturated rings. The van der Waals surface area contributed by atoms with Crippen LogP contribution in [-0.2, 0) is 13.0 Å². The summed E-state index contributed by atoms with van der Waals surface area (Å²) in [5, 5.41) is 6.07. The van der Waals surface area contributed by atoms with E-state index in [9.17, 15) is 4.79 Å². The number of benzene rings is 1. The minimum absolute atomic E-state index is 0.187. The Balaban J connectivity index is 1.64. The molecular weight excluding hydrogens is 302 g/mol. The van der Waals surface area contributed by atoms with E-state index in [2.05, 4.69) is 22.5 Å². The van der Waals surface area contributed by atoms with Gasteiger partial charge in [0.05, 0.1) is 24.1 Å². The lowest BCUT2D eigenvalue weighted by molar-refractivity contribution is 0.102. The molecule has 122 valence electrons. The van der Waals surface area contributed by atoms with E-state index in [1.54, 1.807) is 24.7 Å². The summed E-state index contributed by atoms with van der Waals surface area (Å²) in [6.07, 6.45) is 5.83. The quantitative estimate of drug-likeness (QED) is 0.717. The molecule has 1 aromatic carbocycles. The zero-order chi connectivity index (χ0) is 16.8. The predicted octanol–water partition coefficient (Wildman–Crippen LogP) is 4.10. The van der Waals surface area contributed by atoms with E-state index in [0.29, 0.717) is 12.1 Å². The molecule has 0 spiro atoms. The largest absolute Gasteiger partial charge is 0.467 e. The number of rotatable bonds is 6. The third kappa shape index (κ3) is 4.01. The minimum atomic E-state index is -0.187. The molecule has 0 atom stereocenters. The van der Waals surface area contributed by atoms with Crippen LogP contribution in [0.4, 0.5) is 11.4 Å². The van der Waals surface area contributed by atoms with Crippen molar-refractivity contribution in [1.82, 2.24) is 4.98 Å². The highest BCUT2D eigenvalue weighted by Gasteiger charge is 2.08. The molecule has 5 nitrogen and oxygen atoms in total. The van der Waals surface area contributed by atoms with E-state index in [-0.39, 0.29) is 5.91 Å². The molecule has 2 N–H and O–H groups in total. The van der Waals surface area contributed by atoms with Gasteiger partial charge < -0.3 is 15.1 Å². The lowest BCUT2D eigenvalue weighted by Crippen LogP contribution is -2.12. The first kappa shape index (κ1) is 15.8. The molecule has 2 heterocycles. The van der Waals surface area contributed by atoms with Gasteiger partial charge in [0, 0.05) is 18.1 Å². The smallest absolute Gasteiger partial charge is 0.257 e. The minimum Gasteiger partial charge on any atom is -0.467 e. The van der Waals surface area contributed by atoms with Crippen LogP contribution >= 0.6 is 0 Å². The van der Waals surface area contributed by atoms with E-state index in [1.807, 2.05) is 36.4 Å². The molecule has 0 saturated heterocycles. The molecule has 0 saturated carbocycles. The summed E-state index contributed by atoms with van der Waals surface area (Å²) in [6.45, 7) is 2.64. The molecule has 0 bridgehead atoms. The Morgan fingerprint density at radius 1 is 1.12 bits per heavy atom. The van der Waals surface area contributed by atoms with E-state index in [4.69, 9.17) is 4.42 Å². The number of hydrogen-bond acceptors (Lipinski definition) is 4. The first-order chi connectivity index (χ1) is 11.7. The van der Waals surface area contributed by atoms with E-state index < -0.39 is 0 Å². The van der Waals surface area contributed by atoms with Gasteiger partial charge in [0.15, 0.2) is 0 Å². The number of aromatic nitrogens is 1. The van der Waals surface area contributed by atoms with Gasteiger partial charge in [0.25, 0.3) is 5.91 Å². The van der Waals surface area contributed by atoms with Crippen molar-refractivity contribution in [3.63, 3.8) is 0 Å². The number of furan rings is 1. The third-order valence-electron chi connectivity index (χ3n) is 3.67. The second-order valence-corrected chi connectivity index (χ2v) is 5.40. The van der Waals surface area contributed by atoms with Gasteiger partial charge in [-0.2, -0.15) is 0 Å². The summed E-state index contributed by atoms with van der Waals surface area (Å²) in [5.41, 5.74) is 3.27. The second-order valence-electron chi connectivity index (χ2n) is 5.40. The number of amides is 1. The summed E-state index contributed by atoms with van der Waals surface area (Å²) in [5.74, 6) is 0.634. The zero-order valence-electron chi connectivity index (χ0n) is 13.5. The SMILES string of the molecule is CCc1ccc(NC(=O)c2cncc(NCc3ccco3)c2)cc1. The average molecular weight is 321 g/mol. The van der Waals surface area contributed by atoms with Crippen LogP contribution < -0.4 is 10.6 Å². The van der Waals surface area contributed by atoms with Gasteiger partial charge in [-0.1, -0.05) is 19.1 Å². The molecule has 0 aliphatic heterocycles. The Kier molecular flexibility index (Phi) is 4.91. The maximum atomic E-state index is 12.4. The van der Waals surface area contributed by atoms with Crippen LogP contribution in [0.3, 0.4) is 0 Å². The van der Waals surface area contributed by atoms with E-state index >= 15 is 0 Å². The van der Waals surface area contributed by atoms with Crippen LogP contribution in [0, 0.1) is 0 Å². The standard InChI is InChI=1S/C19H19N3O2/c1-2-14-5-7-16(8-6-14)22-19(23)15-10-17(12-20-11-15)21-13-18-4-3-9-24-18/h3-12,21H,2,13H2,1H3,(H,22,23). The Labute approximate surface area is 140 Å². The fourth-order valence-electron chi connectivity index (χ4n) is 2.29. The summed E-state index contributed by atoms with van der Waals surface area (Å²) in [6, 6.07) is 13.3. The Bertz CT molecular complexity index is 796. The molecule has 3 rings (SSSR count). The van der Waals surface area contributed by atoms with Crippen LogP contribution in [-0.4, -0.2) is 10.9 Å². The highest BCUT2D eigenvalue weighted by atomic mass is 16.3. The van der Waals surface area contributed by atoms with Crippen molar-refractivity contribution in [3.8, 4) is 0 Å². The average Bonchev–Trinajstić information content (AvgIpc) is 3.14. The number of anilines is 2.